The number of rotatable bonds is 5. The first-order valence-corrected chi connectivity index (χ1v) is 4.61. The minimum absolute atomic E-state index is 0.181. The van der Waals surface area contributed by atoms with Crippen molar-refractivity contribution in [1.29, 1.82) is 0 Å². The summed E-state index contributed by atoms with van der Waals surface area (Å²) in [5.74, 6) is 0. The Kier molecular flexibility index (Phi) is 3.98. The van der Waals surface area contributed by atoms with Gasteiger partial charge in [0.05, 0.1) is 19.3 Å². The highest BCUT2D eigenvalue weighted by molar-refractivity contribution is 4.82. The van der Waals surface area contributed by atoms with Crippen LogP contribution in [0.5, 0.6) is 0 Å². The molecule has 1 fully saturated rings. The van der Waals surface area contributed by atoms with Gasteiger partial charge in [-0.25, -0.2) is 0 Å². The van der Waals surface area contributed by atoms with Crippen LogP contribution in [-0.2, 0) is 4.74 Å². The van der Waals surface area contributed by atoms with Crippen LogP contribution in [0, 0.1) is 0 Å². The predicted octanol–water partition coefficient (Wildman–Crippen LogP) is 0.478. The fraction of sp³-hybridized carbons (Fsp3) is 1.00. The molecule has 0 heterocycles. The lowest BCUT2D eigenvalue weighted by Crippen LogP contribution is -2.47. The molecule has 0 spiro atoms. The first kappa shape index (κ1) is 9.96. The van der Waals surface area contributed by atoms with Crippen LogP contribution in [0.15, 0.2) is 0 Å². The van der Waals surface area contributed by atoms with Crippen molar-refractivity contribution in [3.05, 3.63) is 0 Å². The van der Waals surface area contributed by atoms with E-state index in [4.69, 9.17) is 9.84 Å². The number of ether oxygens (including phenoxy) is 1. The third kappa shape index (κ3) is 2.19. The zero-order valence-corrected chi connectivity index (χ0v) is 7.99. The highest BCUT2D eigenvalue weighted by atomic mass is 16.5. The van der Waals surface area contributed by atoms with Crippen molar-refractivity contribution in [1.82, 2.24) is 4.90 Å². The number of aliphatic hydroxyl groups excluding tert-OH is 1. The fourth-order valence-corrected chi connectivity index (χ4v) is 1.58. The molecule has 1 atom stereocenters. The molecule has 0 unspecified atom stereocenters. The summed E-state index contributed by atoms with van der Waals surface area (Å²) in [6, 6.07) is 0.859. The lowest BCUT2D eigenvalue weighted by molar-refractivity contribution is 0.0229. The van der Waals surface area contributed by atoms with Crippen LogP contribution in [0.3, 0.4) is 0 Å². The SMILES string of the molecule is COC[C@H](CO)N(C)C1CCC1. The Labute approximate surface area is 74.3 Å². The van der Waals surface area contributed by atoms with Gasteiger partial charge in [-0.15, -0.1) is 0 Å². The molecule has 1 saturated carbocycles. The summed E-state index contributed by atoms with van der Waals surface area (Å²) in [6.07, 6.45) is 3.88. The monoisotopic (exact) mass is 173 g/mol. The van der Waals surface area contributed by atoms with Gasteiger partial charge in [0.25, 0.3) is 0 Å². The molecular formula is C9H19NO2. The molecule has 0 aromatic heterocycles. The van der Waals surface area contributed by atoms with Gasteiger partial charge in [-0.3, -0.25) is 4.90 Å². The lowest BCUT2D eigenvalue weighted by Gasteiger charge is -2.39. The summed E-state index contributed by atoms with van der Waals surface area (Å²) in [4.78, 5) is 2.24. The molecule has 1 aliphatic rings. The number of nitrogens with zero attached hydrogens (tertiary/aromatic N) is 1. The lowest BCUT2D eigenvalue weighted by atomic mass is 9.91. The van der Waals surface area contributed by atoms with Gasteiger partial charge < -0.3 is 9.84 Å². The number of likely N-dealkylation sites (N-methyl/N-ethyl adjacent to an activating group) is 1. The van der Waals surface area contributed by atoms with E-state index >= 15 is 0 Å². The summed E-state index contributed by atoms with van der Waals surface area (Å²) in [6.45, 7) is 0.824. The van der Waals surface area contributed by atoms with E-state index in [1.54, 1.807) is 7.11 Å². The van der Waals surface area contributed by atoms with Crippen molar-refractivity contribution in [2.24, 2.45) is 0 Å². The third-order valence-electron chi connectivity index (χ3n) is 2.80. The van der Waals surface area contributed by atoms with E-state index in [1.807, 2.05) is 0 Å². The van der Waals surface area contributed by atoms with E-state index < -0.39 is 0 Å². The Morgan fingerprint density at radius 3 is 2.58 bits per heavy atom. The molecule has 1 rings (SSSR count). The van der Waals surface area contributed by atoms with Crippen LogP contribution in [-0.4, -0.2) is 49.5 Å². The summed E-state index contributed by atoms with van der Waals surface area (Å²) in [5.41, 5.74) is 0. The van der Waals surface area contributed by atoms with Crippen LogP contribution in [0.4, 0.5) is 0 Å². The molecule has 0 aliphatic heterocycles. The van der Waals surface area contributed by atoms with Crippen molar-refractivity contribution in [2.45, 2.75) is 31.3 Å². The zero-order chi connectivity index (χ0) is 8.97. The molecule has 0 bridgehead atoms. The van der Waals surface area contributed by atoms with E-state index in [1.165, 1.54) is 19.3 Å². The molecule has 3 heteroatoms. The van der Waals surface area contributed by atoms with Crippen LogP contribution in [0.25, 0.3) is 0 Å². The zero-order valence-electron chi connectivity index (χ0n) is 7.99. The highest BCUT2D eigenvalue weighted by Gasteiger charge is 2.26. The second-order valence-electron chi connectivity index (χ2n) is 3.54. The summed E-state index contributed by atoms with van der Waals surface area (Å²) in [7, 11) is 3.75. The van der Waals surface area contributed by atoms with Gasteiger partial charge in [0.1, 0.15) is 0 Å². The first-order chi connectivity index (χ1) is 5.79. The topological polar surface area (TPSA) is 32.7 Å². The predicted molar refractivity (Wildman–Crippen MR) is 48.2 cm³/mol. The van der Waals surface area contributed by atoms with Crippen molar-refractivity contribution in [2.75, 3.05) is 27.4 Å². The van der Waals surface area contributed by atoms with Crippen LogP contribution in [0.2, 0.25) is 0 Å². The van der Waals surface area contributed by atoms with Gasteiger partial charge in [0.15, 0.2) is 0 Å². The second kappa shape index (κ2) is 4.80. The maximum Gasteiger partial charge on any atom is 0.0640 e. The normalized spacial score (nSPS) is 21.0. The van der Waals surface area contributed by atoms with Gasteiger partial charge in [-0.1, -0.05) is 6.42 Å². The van der Waals surface area contributed by atoms with Gasteiger partial charge in [0, 0.05) is 13.2 Å². The van der Waals surface area contributed by atoms with E-state index in [0.29, 0.717) is 12.6 Å². The van der Waals surface area contributed by atoms with Crippen molar-refractivity contribution in [3.8, 4) is 0 Å². The van der Waals surface area contributed by atoms with Crippen LogP contribution < -0.4 is 0 Å². The summed E-state index contributed by atoms with van der Waals surface area (Å²) < 4.78 is 5.03. The average Bonchev–Trinajstić information content (AvgIpc) is 1.96. The number of hydrogen-bond donors (Lipinski definition) is 1. The average molecular weight is 173 g/mol. The van der Waals surface area contributed by atoms with Crippen molar-refractivity contribution >= 4 is 0 Å². The fourth-order valence-electron chi connectivity index (χ4n) is 1.58. The number of aliphatic hydroxyl groups is 1. The molecular weight excluding hydrogens is 154 g/mol. The van der Waals surface area contributed by atoms with Gasteiger partial charge in [0.2, 0.25) is 0 Å². The van der Waals surface area contributed by atoms with Gasteiger partial charge in [-0.2, -0.15) is 0 Å². The molecule has 1 N–H and O–H groups in total. The van der Waals surface area contributed by atoms with Gasteiger partial charge in [-0.05, 0) is 19.9 Å². The largest absolute Gasteiger partial charge is 0.395 e. The Morgan fingerprint density at radius 2 is 2.25 bits per heavy atom. The Balaban J connectivity index is 2.29. The highest BCUT2D eigenvalue weighted by Crippen LogP contribution is 2.24. The van der Waals surface area contributed by atoms with Crippen LogP contribution >= 0.6 is 0 Å². The van der Waals surface area contributed by atoms with Crippen LogP contribution in [0.1, 0.15) is 19.3 Å². The molecule has 0 amide bonds. The van der Waals surface area contributed by atoms with E-state index in [0.717, 1.165) is 0 Å². The maximum atomic E-state index is 9.07. The van der Waals surface area contributed by atoms with Crippen molar-refractivity contribution in [3.63, 3.8) is 0 Å². The molecule has 0 radical (unpaired) electrons. The standard InChI is InChI=1S/C9H19NO2/c1-10(8-4-3-5-8)9(6-11)7-12-2/h8-9,11H,3-7H2,1-2H3/t9-/m0/s1. The smallest absolute Gasteiger partial charge is 0.0640 e. The molecule has 72 valence electrons. The molecule has 0 aromatic carbocycles. The van der Waals surface area contributed by atoms with Gasteiger partial charge >= 0.3 is 0 Å². The molecule has 0 saturated heterocycles. The summed E-state index contributed by atoms with van der Waals surface area (Å²) >= 11 is 0. The van der Waals surface area contributed by atoms with E-state index in [-0.39, 0.29) is 12.6 Å². The Bertz CT molecular complexity index is 126. The Hall–Kier alpha value is -0.120. The second-order valence-corrected chi connectivity index (χ2v) is 3.54. The Morgan fingerprint density at radius 1 is 1.58 bits per heavy atom. The maximum absolute atomic E-state index is 9.07. The number of hydrogen-bond acceptors (Lipinski definition) is 3. The number of methoxy groups -OCH3 is 1. The third-order valence-corrected chi connectivity index (χ3v) is 2.80. The minimum Gasteiger partial charge on any atom is -0.395 e. The minimum atomic E-state index is 0.181. The quantitative estimate of drug-likeness (QED) is 0.656. The first-order valence-electron chi connectivity index (χ1n) is 4.61. The van der Waals surface area contributed by atoms with Crippen molar-refractivity contribution < 1.29 is 9.84 Å². The summed E-state index contributed by atoms with van der Waals surface area (Å²) in [5, 5.41) is 9.07. The van der Waals surface area contributed by atoms with E-state index in [9.17, 15) is 0 Å². The molecule has 3 nitrogen and oxygen atoms in total. The van der Waals surface area contributed by atoms with E-state index in [2.05, 4.69) is 11.9 Å². The molecule has 0 aromatic rings. The molecule has 1 aliphatic carbocycles. The molecule has 12 heavy (non-hydrogen) atoms.